The molecule has 0 aliphatic heterocycles. The molecule has 4 aliphatic carbocycles. The lowest BCUT2D eigenvalue weighted by Gasteiger charge is -2.37. The zero-order valence-corrected chi connectivity index (χ0v) is 32.3. The average molecular weight is 701 g/mol. The van der Waals surface area contributed by atoms with Crippen LogP contribution in [0.1, 0.15) is 134 Å². The highest BCUT2D eigenvalue weighted by Crippen LogP contribution is 2.44. The molecular formula is C47H60N2OS. The first-order valence-corrected chi connectivity index (χ1v) is 21.3. The summed E-state index contributed by atoms with van der Waals surface area (Å²) < 4.78 is 7.53. The maximum Gasteiger partial charge on any atom is 0.127 e. The SMILES string of the molecule is C=C(C=C1CCC(C2CCC(C)CC2)CC1)Cc1ccc(OC(=C)CC2CCC(C3CCC(C)CC3)CC2)cc1-c1nc2ccc(C#N)cc2s1. The van der Waals surface area contributed by atoms with Crippen LogP contribution in [0.2, 0.25) is 0 Å². The molecule has 1 heterocycles. The van der Waals surface area contributed by atoms with Gasteiger partial charge in [0.1, 0.15) is 10.8 Å². The Morgan fingerprint density at radius 3 is 2.04 bits per heavy atom. The molecular weight excluding hydrogens is 641 g/mol. The van der Waals surface area contributed by atoms with Crippen molar-refractivity contribution < 1.29 is 4.74 Å². The lowest BCUT2D eigenvalue weighted by atomic mass is 9.69. The summed E-state index contributed by atoms with van der Waals surface area (Å²) in [6.45, 7) is 13.8. The summed E-state index contributed by atoms with van der Waals surface area (Å²) in [7, 11) is 0. The maximum absolute atomic E-state index is 9.50. The molecule has 2 aromatic carbocycles. The highest BCUT2D eigenvalue weighted by molar-refractivity contribution is 7.21. The molecule has 3 nitrogen and oxygen atoms in total. The number of ether oxygens (including phenoxy) is 1. The highest BCUT2D eigenvalue weighted by Gasteiger charge is 2.31. The summed E-state index contributed by atoms with van der Waals surface area (Å²) in [5, 5.41) is 10.5. The first kappa shape index (κ1) is 36.2. The van der Waals surface area contributed by atoms with Crippen molar-refractivity contribution in [2.45, 2.75) is 129 Å². The number of aromatic nitrogens is 1. The monoisotopic (exact) mass is 700 g/mol. The number of hydrogen-bond donors (Lipinski definition) is 0. The van der Waals surface area contributed by atoms with E-state index in [-0.39, 0.29) is 0 Å². The molecule has 51 heavy (non-hydrogen) atoms. The molecule has 0 unspecified atom stereocenters. The second kappa shape index (κ2) is 16.7. The Morgan fingerprint density at radius 1 is 0.804 bits per heavy atom. The molecule has 4 aliphatic rings. The van der Waals surface area contributed by atoms with E-state index in [4.69, 9.17) is 9.72 Å². The number of allylic oxidation sites excluding steroid dienone is 4. The molecule has 0 radical (unpaired) electrons. The largest absolute Gasteiger partial charge is 0.462 e. The van der Waals surface area contributed by atoms with Crippen LogP contribution in [0.4, 0.5) is 0 Å². The van der Waals surface area contributed by atoms with Crippen LogP contribution in [-0.2, 0) is 6.42 Å². The summed E-state index contributed by atoms with van der Waals surface area (Å²) >= 11 is 1.65. The van der Waals surface area contributed by atoms with Crippen molar-refractivity contribution >= 4 is 21.6 Å². The van der Waals surface area contributed by atoms with Crippen molar-refractivity contribution in [3.8, 4) is 22.4 Å². The third-order valence-corrected chi connectivity index (χ3v) is 14.5. The van der Waals surface area contributed by atoms with E-state index in [0.29, 0.717) is 11.5 Å². The quantitative estimate of drug-likeness (QED) is 0.198. The van der Waals surface area contributed by atoms with E-state index in [1.165, 1.54) is 114 Å². The smallest absolute Gasteiger partial charge is 0.127 e. The Kier molecular flexibility index (Phi) is 11.8. The van der Waals surface area contributed by atoms with Crippen molar-refractivity contribution in [3.63, 3.8) is 0 Å². The molecule has 0 spiro atoms. The van der Waals surface area contributed by atoms with Crippen LogP contribution in [0.25, 0.3) is 20.8 Å². The number of nitrogens with zero attached hydrogens (tertiary/aromatic N) is 2. The van der Waals surface area contributed by atoms with Gasteiger partial charge in [0, 0.05) is 12.0 Å². The molecule has 0 bridgehead atoms. The summed E-state index contributed by atoms with van der Waals surface area (Å²) in [5.74, 6) is 8.00. The summed E-state index contributed by atoms with van der Waals surface area (Å²) in [4.78, 5) is 5.05. The molecule has 0 atom stereocenters. The van der Waals surface area contributed by atoms with Gasteiger partial charge in [-0.25, -0.2) is 4.98 Å². The van der Waals surface area contributed by atoms with Crippen molar-refractivity contribution in [3.05, 3.63) is 83.7 Å². The second-order valence-corrected chi connectivity index (χ2v) is 18.3. The number of nitriles is 1. The Bertz CT molecular complexity index is 1740. The molecule has 0 saturated heterocycles. The van der Waals surface area contributed by atoms with E-state index in [1.54, 1.807) is 16.9 Å². The third kappa shape index (κ3) is 9.26. The number of fused-ring (bicyclic) bond motifs is 1. The van der Waals surface area contributed by atoms with Gasteiger partial charge in [0.15, 0.2) is 0 Å². The first-order valence-electron chi connectivity index (χ1n) is 20.5. The zero-order valence-electron chi connectivity index (χ0n) is 31.4. The van der Waals surface area contributed by atoms with Gasteiger partial charge in [0.25, 0.3) is 0 Å². The molecule has 270 valence electrons. The predicted molar refractivity (Wildman–Crippen MR) is 215 cm³/mol. The van der Waals surface area contributed by atoms with Crippen LogP contribution in [-0.4, -0.2) is 4.98 Å². The molecule has 3 aromatic rings. The minimum absolute atomic E-state index is 0.668. The van der Waals surface area contributed by atoms with Crippen molar-refractivity contribution in [1.29, 1.82) is 5.26 Å². The molecule has 7 rings (SSSR count). The van der Waals surface area contributed by atoms with Gasteiger partial charge in [0.2, 0.25) is 0 Å². The Morgan fingerprint density at radius 2 is 1.41 bits per heavy atom. The summed E-state index contributed by atoms with van der Waals surface area (Å²) in [6.07, 6.45) is 26.1. The minimum atomic E-state index is 0.668. The molecule has 4 heteroatoms. The Labute approximate surface area is 312 Å². The fourth-order valence-corrected chi connectivity index (χ4v) is 11.3. The summed E-state index contributed by atoms with van der Waals surface area (Å²) in [6, 6.07) is 14.6. The van der Waals surface area contributed by atoms with Crippen molar-refractivity contribution in [2.24, 2.45) is 41.4 Å². The highest BCUT2D eigenvalue weighted by atomic mass is 32.1. The lowest BCUT2D eigenvalue weighted by Crippen LogP contribution is -2.25. The number of rotatable bonds is 10. The van der Waals surface area contributed by atoms with Gasteiger partial charge in [-0.15, -0.1) is 11.3 Å². The van der Waals surface area contributed by atoms with E-state index in [1.807, 2.05) is 18.2 Å². The molecule has 0 amide bonds. The molecule has 1 aromatic heterocycles. The van der Waals surface area contributed by atoms with E-state index in [0.717, 1.165) is 80.6 Å². The molecule has 4 saturated carbocycles. The lowest BCUT2D eigenvalue weighted by molar-refractivity contribution is 0.147. The van der Waals surface area contributed by atoms with Gasteiger partial charge in [-0.3, -0.25) is 0 Å². The first-order chi connectivity index (χ1) is 24.8. The van der Waals surface area contributed by atoms with Crippen molar-refractivity contribution in [1.82, 2.24) is 4.98 Å². The van der Waals surface area contributed by atoms with Crippen LogP contribution in [0.15, 0.2) is 72.5 Å². The van der Waals surface area contributed by atoms with Crippen LogP contribution in [0, 0.1) is 52.8 Å². The third-order valence-electron chi connectivity index (χ3n) is 13.5. The normalized spacial score (nSPS) is 28.6. The van der Waals surface area contributed by atoms with E-state index in [9.17, 15) is 5.26 Å². The predicted octanol–water partition coefficient (Wildman–Crippen LogP) is 13.8. The molecule has 4 fully saturated rings. The van der Waals surface area contributed by atoms with Crippen LogP contribution in [0.5, 0.6) is 5.75 Å². The van der Waals surface area contributed by atoms with Crippen LogP contribution < -0.4 is 4.74 Å². The average Bonchev–Trinajstić information content (AvgIpc) is 3.57. The minimum Gasteiger partial charge on any atom is -0.462 e. The van der Waals surface area contributed by atoms with Gasteiger partial charge in [-0.1, -0.05) is 76.0 Å². The molecule has 0 N–H and O–H groups in total. The van der Waals surface area contributed by atoms with E-state index in [2.05, 4.69) is 57.3 Å². The number of hydrogen-bond acceptors (Lipinski definition) is 4. The Balaban J connectivity index is 1.01. The van der Waals surface area contributed by atoms with E-state index >= 15 is 0 Å². The van der Waals surface area contributed by atoms with Gasteiger partial charge in [-0.2, -0.15) is 5.26 Å². The Hall–Kier alpha value is -3.16. The standard InChI is InChI=1S/C47H60N2OS/c1-31-5-14-38(15-6-31)40-18-9-35(10-19-40)25-33(3)26-42-22-23-43(29-44(42)47-49-45-24-13-37(30-48)28-46(45)51-47)50-34(4)27-36-11-20-41(21-12-36)39-16-7-32(2)8-17-39/h13,22-25,28-29,31-32,36,38-41H,3-12,14-21,26-27H2,1-2H3. The summed E-state index contributed by atoms with van der Waals surface area (Å²) in [5.41, 5.74) is 6.65. The number of thiazole rings is 1. The van der Waals surface area contributed by atoms with Gasteiger partial charge in [-0.05, 0) is 161 Å². The number of benzene rings is 2. The maximum atomic E-state index is 9.50. The topological polar surface area (TPSA) is 45.9 Å². The zero-order chi connectivity index (χ0) is 35.3. The fourth-order valence-electron chi connectivity index (χ4n) is 10.2. The fraction of sp³-hybridized carbons (Fsp3) is 0.574. The second-order valence-electron chi connectivity index (χ2n) is 17.3. The van der Waals surface area contributed by atoms with Crippen molar-refractivity contribution in [2.75, 3.05) is 0 Å². The van der Waals surface area contributed by atoms with Gasteiger partial charge < -0.3 is 4.74 Å². The van der Waals surface area contributed by atoms with Gasteiger partial charge >= 0.3 is 0 Å². The van der Waals surface area contributed by atoms with Crippen LogP contribution >= 0.6 is 11.3 Å². The van der Waals surface area contributed by atoms with Crippen LogP contribution in [0.3, 0.4) is 0 Å². The van der Waals surface area contributed by atoms with E-state index < -0.39 is 0 Å². The van der Waals surface area contributed by atoms with Gasteiger partial charge in [0.05, 0.1) is 27.6 Å².